The van der Waals surface area contributed by atoms with Gasteiger partial charge in [0.25, 0.3) is 0 Å². The van der Waals surface area contributed by atoms with Gasteiger partial charge in [-0.05, 0) is 45.0 Å². The summed E-state index contributed by atoms with van der Waals surface area (Å²) >= 11 is 0.830. The van der Waals surface area contributed by atoms with Gasteiger partial charge in [-0.1, -0.05) is 5.04 Å². The van der Waals surface area contributed by atoms with Crippen molar-refractivity contribution in [3.05, 3.63) is 29.8 Å². The van der Waals surface area contributed by atoms with Crippen LogP contribution in [0, 0.1) is 0 Å². The second-order valence-corrected chi connectivity index (χ2v) is 5.03. The van der Waals surface area contributed by atoms with E-state index in [-0.39, 0.29) is 5.97 Å². The molecule has 0 aliphatic rings. The Bertz CT molecular complexity index is 368. The third-order valence-corrected chi connectivity index (χ3v) is 2.24. The molecule has 17 heavy (non-hydrogen) atoms. The van der Waals surface area contributed by atoms with E-state index in [4.69, 9.17) is 9.99 Å². The van der Waals surface area contributed by atoms with E-state index in [9.17, 15) is 4.79 Å². The van der Waals surface area contributed by atoms with Crippen LogP contribution in [0.25, 0.3) is 0 Å². The molecule has 0 saturated heterocycles. The molecule has 1 N–H and O–H groups in total. The highest BCUT2D eigenvalue weighted by atomic mass is 32.2. The maximum absolute atomic E-state index is 11.7. The maximum Gasteiger partial charge on any atom is 0.338 e. The van der Waals surface area contributed by atoms with Crippen LogP contribution in [0.2, 0.25) is 0 Å². The number of esters is 1. The van der Waals surface area contributed by atoms with Gasteiger partial charge in [-0.15, -0.1) is 4.33 Å². The number of benzene rings is 1. The van der Waals surface area contributed by atoms with Gasteiger partial charge in [0.1, 0.15) is 5.60 Å². The molecule has 0 spiro atoms. The molecule has 0 aliphatic carbocycles. The molecule has 0 bridgehead atoms. The number of carbonyl (C=O) groups is 1. The van der Waals surface area contributed by atoms with Crippen molar-refractivity contribution in [3.8, 4) is 0 Å². The van der Waals surface area contributed by atoms with Crippen LogP contribution < -0.4 is 0 Å². The van der Waals surface area contributed by atoms with E-state index in [2.05, 4.69) is 9.37 Å². The highest BCUT2D eigenvalue weighted by Crippen LogP contribution is 2.20. The van der Waals surface area contributed by atoms with Gasteiger partial charge in [-0.2, -0.15) is 0 Å². The lowest BCUT2D eigenvalue weighted by atomic mass is 10.2. The Morgan fingerprint density at radius 1 is 1.24 bits per heavy atom. The van der Waals surface area contributed by atoms with Crippen LogP contribution in [0.1, 0.15) is 31.1 Å². The van der Waals surface area contributed by atoms with Crippen molar-refractivity contribution in [1.29, 1.82) is 0 Å². The summed E-state index contributed by atoms with van der Waals surface area (Å²) in [5, 5.41) is 11.4. The van der Waals surface area contributed by atoms with Crippen LogP contribution in [0.5, 0.6) is 0 Å². The Morgan fingerprint density at radius 3 is 2.29 bits per heavy atom. The molecule has 0 saturated carbocycles. The van der Waals surface area contributed by atoms with E-state index in [1.165, 1.54) is 0 Å². The fourth-order valence-electron chi connectivity index (χ4n) is 1.04. The minimum Gasteiger partial charge on any atom is -0.456 e. The Labute approximate surface area is 104 Å². The van der Waals surface area contributed by atoms with Gasteiger partial charge in [0.05, 0.1) is 17.6 Å². The smallest absolute Gasteiger partial charge is 0.338 e. The highest BCUT2D eigenvalue weighted by Gasteiger charge is 2.17. The van der Waals surface area contributed by atoms with Crippen LogP contribution >= 0.6 is 12.0 Å². The fourth-order valence-corrected chi connectivity index (χ4v) is 1.39. The minimum absolute atomic E-state index is 0.381. The zero-order chi connectivity index (χ0) is 12.9. The van der Waals surface area contributed by atoms with E-state index in [0.717, 1.165) is 12.0 Å². The average molecular weight is 258 g/mol. The maximum atomic E-state index is 11.7. The Hall–Kier alpha value is -1.08. The van der Waals surface area contributed by atoms with Gasteiger partial charge in [0, 0.05) is 4.90 Å². The predicted octanol–water partition coefficient (Wildman–Crippen LogP) is 3.07. The Kier molecular flexibility index (Phi) is 4.95. The summed E-state index contributed by atoms with van der Waals surface area (Å²) in [6, 6.07) is 6.53. The standard InChI is InChI=1S/C11H14O5S/c1-11(2,3)14-10(12)8-4-6-9(7-5-8)17-16-15-13/h4-7,13H,1-3H3. The molecule has 5 nitrogen and oxygen atoms in total. The summed E-state index contributed by atoms with van der Waals surface area (Å²) in [6.45, 7) is 5.42. The van der Waals surface area contributed by atoms with Gasteiger partial charge >= 0.3 is 5.97 Å². The largest absolute Gasteiger partial charge is 0.456 e. The van der Waals surface area contributed by atoms with Crippen molar-refractivity contribution in [2.24, 2.45) is 0 Å². The lowest BCUT2D eigenvalue weighted by Crippen LogP contribution is -2.23. The summed E-state index contributed by atoms with van der Waals surface area (Å²) in [7, 11) is 0. The highest BCUT2D eigenvalue weighted by molar-refractivity contribution is 7.94. The van der Waals surface area contributed by atoms with Crippen molar-refractivity contribution in [2.45, 2.75) is 31.3 Å². The summed E-state index contributed by atoms with van der Waals surface area (Å²) in [5.74, 6) is -0.381. The summed E-state index contributed by atoms with van der Waals surface area (Å²) < 4.78 is 9.46. The number of ether oxygens (including phenoxy) is 1. The van der Waals surface area contributed by atoms with Crippen molar-refractivity contribution in [2.75, 3.05) is 0 Å². The normalized spacial score (nSPS) is 11.3. The first-order valence-corrected chi connectivity index (χ1v) is 5.65. The van der Waals surface area contributed by atoms with Crippen LogP contribution in [0.15, 0.2) is 29.2 Å². The second-order valence-electron chi connectivity index (χ2n) is 4.25. The lowest BCUT2D eigenvalue weighted by Gasteiger charge is -2.19. The van der Waals surface area contributed by atoms with Crippen LogP contribution in [0.4, 0.5) is 0 Å². The van der Waals surface area contributed by atoms with Gasteiger partial charge < -0.3 is 4.74 Å². The van der Waals surface area contributed by atoms with Crippen LogP contribution in [0.3, 0.4) is 0 Å². The first kappa shape index (κ1) is 14.0. The van der Waals surface area contributed by atoms with Gasteiger partial charge in [0.15, 0.2) is 0 Å². The number of hydrogen-bond acceptors (Lipinski definition) is 6. The van der Waals surface area contributed by atoms with Crippen molar-refractivity contribution >= 4 is 18.0 Å². The second kappa shape index (κ2) is 6.02. The SMILES string of the molecule is CC(C)(C)OC(=O)c1ccc(SOOO)cc1. The molecule has 0 radical (unpaired) electrons. The molecule has 1 aromatic rings. The van der Waals surface area contributed by atoms with Crippen molar-refractivity contribution in [1.82, 2.24) is 0 Å². The molecule has 0 aromatic heterocycles. The van der Waals surface area contributed by atoms with Gasteiger partial charge in [-0.3, -0.25) is 0 Å². The van der Waals surface area contributed by atoms with Crippen LogP contribution in [-0.4, -0.2) is 16.8 Å². The summed E-state index contributed by atoms with van der Waals surface area (Å²) in [5.41, 5.74) is -0.0626. The Balaban J connectivity index is 2.64. The molecule has 1 rings (SSSR count). The van der Waals surface area contributed by atoms with Crippen LogP contribution in [-0.2, 0) is 14.1 Å². The topological polar surface area (TPSA) is 65.0 Å². The van der Waals surface area contributed by atoms with E-state index >= 15 is 0 Å². The molecule has 94 valence electrons. The quantitative estimate of drug-likeness (QED) is 0.387. The molecular formula is C11H14O5S. The molecule has 0 fully saturated rings. The van der Waals surface area contributed by atoms with E-state index in [1.807, 2.05) is 20.8 Å². The van der Waals surface area contributed by atoms with E-state index in [0.29, 0.717) is 10.5 Å². The first-order chi connectivity index (χ1) is 7.92. The fraction of sp³-hybridized carbons (Fsp3) is 0.364. The lowest BCUT2D eigenvalue weighted by molar-refractivity contribution is -0.432. The zero-order valence-electron chi connectivity index (χ0n) is 9.80. The monoisotopic (exact) mass is 258 g/mol. The molecule has 1 aromatic carbocycles. The molecule has 0 aliphatic heterocycles. The van der Waals surface area contributed by atoms with Gasteiger partial charge in [0.2, 0.25) is 0 Å². The molecule has 0 amide bonds. The zero-order valence-corrected chi connectivity index (χ0v) is 10.6. The minimum atomic E-state index is -0.516. The number of carbonyl (C=O) groups excluding carboxylic acids is 1. The van der Waals surface area contributed by atoms with Gasteiger partial charge in [-0.25, -0.2) is 10.1 Å². The number of rotatable bonds is 4. The molecule has 6 heteroatoms. The van der Waals surface area contributed by atoms with Crippen molar-refractivity contribution < 1.29 is 24.2 Å². The third kappa shape index (κ3) is 5.18. The summed E-state index contributed by atoms with van der Waals surface area (Å²) in [6.07, 6.45) is 0. The molecular weight excluding hydrogens is 244 g/mol. The molecule has 0 atom stereocenters. The van der Waals surface area contributed by atoms with E-state index < -0.39 is 5.60 Å². The number of hydrogen-bond donors (Lipinski definition) is 1. The van der Waals surface area contributed by atoms with Crippen molar-refractivity contribution in [3.63, 3.8) is 0 Å². The summed E-state index contributed by atoms with van der Waals surface area (Å²) in [4.78, 5) is 12.3. The Morgan fingerprint density at radius 2 is 1.82 bits per heavy atom. The molecule has 0 unspecified atom stereocenters. The van der Waals surface area contributed by atoms with E-state index in [1.54, 1.807) is 24.3 Å². The molecule has 0 heterocycles. The third-order valence-electron chi connectivity index (χ3n) is 1.65. The predicted molar refractivity (Wildman–Crippen MR) is 62.3 cm³/mol. The average Bonchev–Trinajstić information content (AvgIpc) is 2.24. The first-order valence-electron chi connectivity index (χ1n) is 4.90.